The van der Waals surface area contributed by atoms with E-state index in [4.69, 9.17) is 0 Å². The third kappa shape index (κ3) is 2.86. The summed E-state index contributed by atoms with van der Waals surface area (Å²) in [4.78, 5) is 9.54. The molecule has 0 spiro atoms. The van der Waals surface area contributed by atoms with Gasteiger partial charge in [-0.2, -0.15) is 5.10 Å². The maximum absolute atomic E-state index is 4.61. The second kappa shape index (κ2) is 5.54. The van der Waals surface area contributed by atoms with Crippen molar-refractivity contribution in [1.82, 2.24) is 19.7 Å². The summed E-state index contributed by atoms with van der Waals surface area (Å²) in [5.74, 6) is 0. The predicted octanol–water partition coefficient (Wildman–Crippen LogP) is 1.90. The SMILES string of the molecule is Cc1csc(N2CCN(Cc3cnn(C)c3)CC2C)n1. The van der Waals surface area contributed by atoms with Gasteiger partial charge in [0.05, 0.1) is 11.9 Å². The summed E-state index contributed by atoms with van der Waals surface area (Å²) in [6.07, 6.45) is 4.06. The number of aryl methyl sites for hydroxylation is 2. The third-order valence-electron chi connectivity index (χ3n) is 3.73. The summed E-state index contributed by atoms with van der Waals surface area (Å²) < 4.78 is 1.87. The molecule has 3 rings (SSSR count). The maximum Gasteiger partial charge on any atom is 0.185 e. The van der Waals surface area contributed by atoms with E-state index in [9.17, 15) is 0 Å². The molecule has 5 nitrogen and oxygen atoms in total. The maximum atomic E-state index is 4.61. The lowest BCUT2D eigenvalue weighted by Gasteiger charge is -2.39. The fourth-order valence-electron chi connectivity index (χ4n) is 2.75. The van der Waals surface area contributed by atoms with Crippen LogP contribution >= 0.6 is 11.3 Å². The minimum Gasteiger partial charge on any atom is -0.343 e. The average molecular weight is 291 g/mol. The largest absolute Gasteiger partial charge is 0.343 e. The Morgan fingerprint density at radius 2 is 2.25 bits per heavy atom. The molecule has 1 atom stereocenters. The van der Waals surface area contributed by atoms with Crippen LogP contribution in [0.1, 0.15) is 18.2 Å². The summed E-state index contributed by atoms with van der Waals surface area (Å²) in [7, 11) is 1.97. The van der Waals surface area contributed by atoms with Crippen LogP contribution in [0, 0.1) is 6.92 Å². The minimum absolute atomic E-state index is 0.506. The highest BCUT2D eigenvalue weighted by Crippen LogP contribution is 2.24. The molecule has 6 heteroatoms. The van der Waals surface area contributed by atoms with Crippen LogP contribution < -0.4 is 4.90 Å². The van der Waals surface area contributed by atoms with E-state index in [1.165, 1.54) is 5.56 Å². The predicted molar refractivity (Wildman–Crippen MR) is 82.1 cm³/mol. The second-order valence-corrected chi connectivity index (χ2v) is 6.41. The zero-order chi connectivity index (χ0) is 14.1. The lowest BCUT2D eigenvalue weighted by atomic mass is 10.2. The van der Waals surface area contributed by atoms with Crippen molar-refractivity contribution in [3.8, 4) is 0 Å². The van der Waals surface area contributed by atoms with Crippen molar-refractivity contribution in [3.63, 3.8) is 0 Å². The summed E-state index contributed by atoms with van der Waals surface area (Å²) in [6, 6.07) is 0.506. The smallest absolute Gasteiger partial charge is 0.185 e. The van der Waals surface area contributed by atoms with E-state index in [0.29, 0.717) is 6.04 Å². The molecule has 1 unspecified atom stereocenters. The van der Waals surface area contributed by atoms with Crippen LogP contribution in [0.2, 0.25) is 0 Å². The van der Waals surface area contributed by atoms with Crippen molar-refractivity contribution < 1.29 is 0 Å². The molecule has 1 saturated heterocycles. The van der Waals surface area contributed by atoms with Crippen molar-refractivity contribution in [2.24, 2.45) is 7.05 Å². The summed E-state index contributed by atoms with van der Waals surface area (Å²) in [5, 5.41) is 7.53. The van der Waals surface area contributed by atoms with Gasteiger partial charge in [0.15, 0.2) is 5.13 Å². The number of anilines is 1. The number of piperazine rings is 1. The first kappa shape index (κ1) is 13.6. The van der Waals surface area contributed by atoms with Gasteiger partial charge in [0.2, 0.25) is 0 Å². The van der Waals surface area contributed by atoms with Crippen LogP contribution in [-0.4, -0.2) is 45.3 Å². The zero-order valence-electron chi connectivity index (χ0n) is 12.3. The highest BCUT2D eigenvalue weighted by molar-refractivity contribution is 7.13. The first-order valence-electron chi connectivity index (χ1n) is 7.00. The van der Waals surface area contributed by atoms with Crippen molar-refractivity contribution in [3.05, 3.63) is 29.0 Å². The van der Waals surface area contributed by atoms with Crippen LogP contribution in [0.25, 0.3) is 0 Å². The lowest BCUT2D eigenvalue weighted by Crippen LogP contribution is -2.51. The average Bonchev–Trinajstić information content (AvgIpc) is 2.99. The van der Waals surface area contributed by atoms with E-state index in [2.05, 4.69) is 45.3 Å². The van der Waals surface area contributed by atoms with Gasteiger partial charge < -0.3 is 4.90 Å². The molecule has 0 N–H and O–H groups in total. The summed E-state index contributed by atoms with van der Waals surface area (Å²) >= 11 is 1.75. The number of hydrogen-bond acceptors (Lipinski definition) is 5. The number of thiazole rings is 1. The minimum atomic E-state index is 0.506. The van der Waals surface area contributed by atoms with Gasteiger partial charge in [0, 0.05) is 56.4 Å². The Morgan fingerprint density at radius 3 is 2.85 bits per heavy atom. The molecule has 1 aliphatic rings. The van der Waals surface area contributed by atoms with Gasteiger partial charge in [-0.3, -0.25) is 9.58 Å². The normalized spacial score (nSPS) is 20.6. The van der Waals surface area contributed by atoms with E-state index >= 15 is 0 Å². The van der Waals surface area contributed by atoms with Crippen molar-refractivity contribution in [2.75, 3.05) is 24.5 Å². The van der Waals surface area contributed by atoms with Gasteiger partial charge in [-0.05, 0) is 13.8 Å². The van der Waals surface area contributed by atoms with Crippen molar-refractivity contribution in [2.45, 2.75) is 26.4 Å². The monoisotopic (exact) mass is 291 g/mol. The molecule has 2 aromatic heterocycles. The molecular weight excluding hydrogens is 270 g/mol. The van der Waals surface area contributed by atoms with Crippen LogP contribution in [0.3, 0.4) is 0 Å². The van der Waals surface area contributed by atoms with E-state index in [0.717, 1.165) is 37.0 Å². The molecular formula is C14H21N5S. The number of nitrogens with zero attached hydrogens (tertiary/aromatic N) is 5. The third-order valence-corrected chi connectivity index (χ3v) is 4.72. The first-order valence-corrected chi connectivity index (χ1v) is 7.88. The lowest BCUT2D eigenvalue weighted by molar-refractivity contribution is 0.221. The van der Waals surface area contributed by atoms with E-state index < -0.39 is 0 Å². The number of hydrogen-bond donors (Lipinski definition) is 0. The molecule has 0 bridgehead atoms. The van der Waals surface area contributed by atoms with Crippen LogP contribution in [0.4, 0.5) is 5.13 Å². The van der Waals surface area contributed by atoms with Crippen molar-refractivity contribution in [1.29, 1.82) is 0 Å². The van der Waals surface area contributed by atoms with Crippen molar-refractivity contribution >= 4 is 16.5 Å². The fraction of sp³-hybridized carbons (Fsp3) is 0.571. The molecule has 0 amide bonds. The van der Waals surface area contributed by atoms with Crippen LogP contribution in [0.15, 0.2) is 17.8 Å². The standard InChI is InChI=1S/C14H21N5S/c1-11-10-20-14(16-11)19-5-4-18(7-12(19)2)9-13-6-15-17(3)8-13/h6,8,10,12H,4-5,7,9H2,1-3H3. The Hall–Kier alpha value is -1.40. The van der Waals surface area contributed by atoms with Gasteiger partial charge in [0.25, 0.3) is 0 Å². The molecule has 0 aromatic carbocycles. The Balaban J connectivity index is 1.62. The highest BCUT2D eigenvalue weighted by Gasteiger charge is 2.25. The Morgan fingerprint density at radius 1 is 1.40 bits per heavy atom. The summed E-state index contributed by atoms with van der Waals surface area (Å²) in [6.45, 7) is 8.54. The number of rotatable bonds is 3. The van der Waals surface area contributed by atoms with E-state index in [1.807, 2.05) is 17.9 Å². The second-order valence-electron chi connectivity index (χ2n) is 5.57. The molecule has 3 heterocycles. The van der Waals surface area contributed by atoms with Gasteiger partial charge in [-0.1, -0.05) is 0 Å². The van der Waals surface area contributed by atoms with E-state index in [1.54, 1.807) is 11.3 Å². The van der Waals surface area contributed by atoms with Crippen LogP contribution in [-0.2, 0) is 13.6 Å². The molecule has 108 valence electrons. The van der Waals surface area contributed by atoms with Gasteiger partial charge in [0.1, 0.15) is 0 Å². The molecule has 0 radical (unpaired) electrons. The topological polar surface area (TPSA) is 37.2 Å². The Kier molecular flexibility index (Phi) is 3.76. The molecule has 20 heavy (non-hydrogen) atoms. The van der Waals surface area contributed by atoms with Gasteiger partial charge >= 0.3 is 0 Å². The van der Waals surface area contributed by atoms with Gasteiger partial charge in [-0.25, -0.2) is 4.98 Å². The highest BCUT2D eigenvalue weighted by atomic mass is 32.1. The molecule has 1 aliphatic heterocycles. The Bertz CT molecular complexity index is 576. The summed E-state index contributed by atoms with van der Waals surface area (Å²) in [5.41, 5.74) is 2.41. The first-order chi connectivity index (χ1) is 9.61. The van der Waals surface area contributed by atoms with Gasteiger partial charge in [-0.15, -0.1) is 11.3 Å². The Labute approximate surface area is 123 Å². The molecule has 0 aliphatic carbocycles. The molecule has 1 fully saturated rings. The van der Waals surface area contributed by atoms with Crippen LogP contribution in [0.5, 0.6) is 0 Å². The fourth-order valence-corrected chi connectivity index (χ4v) is 3.68. The van der Waals surface area contributed by atoms with E-state index in [-0.39, 0.29) is 0 Å². The number of aromatic nitrogens is 3. The zero-order valence-corrected chi connectivity index (χ0v) is 13.1. The quantitative estimate of drug-likeness (QED) is 0.865. The molecule has 0 saturated carbocycles. The molecule has 2 aromatic rings.